The van der Waals surface area contributed by atoms with Crippen LogP contribution in [-0.4, -0.2) is 16.6 Å². The first-order valence-electron chi connectivity index (χ1n) is 9.62. The Bertz CT molecular complexity index is 1060. The quantitative estimate of drug-likeness (QED) is 0.569. The summed E-state index contributed by atoms with van der Waals surface area (Å²) in [5.41, 5.74) is 6.61. The number of fused-ring (bicyclic) bond motifs is 1. The molecule has 3 aromatic rings. The second-order valence-electron chi connectivity index (χ2n) is 7.37. The summed E-state index contributed by atoms with van der Waals surface area (Å²) in [7, 11) is 0. The van der Waals surface area contributed by atoms with Crippen molar-refractivity contribution in [2.24, 2.45) is 11.0 Å². The summed E-state index contributed by atoms with van der Waals surface area (Å²) < 4.78 is 0. The molecule has 0 aliphatic heterocycles. The molecule has 1 aliphatic rings. The molecule has 1 N–H and O–H groups in total. The molecule has 142 valence electrons. The lowest BCUT2D eigenvalue weighted by atomic mass is 9.89. The smallest absolute Gasteiger partial charge is 0.267 e. The van der Waals surface area contributed by atoms with Crippen molar-refractivity contribution in [1.29, 1.82) is 0 Å². The van der Waals surface area contributed by atoms with Gasteiger partial charge in [0.05, 0.1) is 16.8 Å². The van der Waals surface area contributed by atoms with Crippen LogP contribution in [0, 0.1) is 5.92 Å². The van der Waals surface area contributed by atoms with E-state index in [0.717, 1.165) is 41.4 Å². The maximum absolute atomic E-state index is 13.0. The molecular weight excluding hydrogens is 370 g/mol. The summed E-state index contributed by atoms with van der Waals surface area (Å²) in [6, 6.07) is 16.9. The molecule has 0 radical (unpaired) electrons. The van der Waals surface area contributed by atoms with Gasteiger partial charge >= 0.3 is 0 Å². The van der Waals surface area contributed by atoms with Gasteiger partial charge in [-0.1, -0.05) is 54.9 Å². The summed E-state index contributed by atoms with van der Waals surface area (Å²) in [6.45, 7) is 2.22. The Morgan fingerprint density at radius 1 is 1.18 bits per heavy atom. The molecule has 4 rings (SSSR count). The van der Waals surface area contributed by atoms with E-state index in [-0.39, 0.29) is 5.91 Å². The van der Waals surface area contributed by atoms with E-state index in [1.807, 2.05) is 48.5 Å². The number of carbonyl (C=O) groups is 1. The lowest BCUT2D eigenvalue weighted by Gasteiger charge is -2.19. The zero-order chi connectivity index (χ0) is 19.5. The third-order valence-electron chi connectivity index (χ3n) is 5.17. The summed E-state index contributed by atoms with van der Waals surface area (Å²) in [4.78, 5) is 17.7. The van der Waals surface area contributed by atoms with Gasteiger partial charge in [-0.25, -0.2) is 10.4 Å². The van der Waals surface area contributed by atoms with Crippen molar-refractivity contribution in [2.75, 3.05) is 0 Å². The van der Waals surface area contributed by atoms with Crippen molar-refractivity contribution in [3.05, 3.63) is 65.2 Å². The van der Waals surface area contributed by atoms with Crippen molar-refractivity contribution in [2.45, 2.75) is 32.6 Å². The van der Waals surface area contributed by atoms with Crippen LogP contribution in [0.25, 0.3) is 22.2 Å². The minimum atomic E-state index is -0.224. The predicted molar refractivity (Wildman–Crippen MR) is 115 cm³/mol. The molecule has 4 nitrogen and oxygen atoms in total. The first-order valence-corrected chi connectivity index (χ1v) is 10.00. The fourth-order valence-electron chi connectivity index (χ4n) is 3.72. The molecule has 0 bridgehead atoms. The molecular formula is C23H22ClN3O. The number of halogens is 1. The number of para-hydroxylation sites is 1. The first kappa shape index (κ1) is 18.6. The van der Waals surface area contributed by atoms with Crippen LogP contribution in [0.2, 0.25) is 5.02 Å². The average Bonchev–Trinajstić information content (AvgIpc) is 2.71. The Kier molecular flexibility index (Phi) is 5.40. The Morgan fingerprint density at radius 2 is 1.96 bits per heavy atom. The lowest BCUT2D eigenvalue weighted by Crippen LogP contribution is -2.22. The third-order valence-corrected chi connectivity index (χ3v) is 5.50. The number of amides is 1. The first-order chi connectivity index (χ1) is 13.6. The van der Waals surface area contributed by atoms with Gasteiger partial charge in [-0.05, 0) is 49.8 Å². The fourth-order valence-corrected chi connectivity index (χ4v) is 3.96. The van der Waals surface area contributed by atoms with Gasteiger partial charge < -0.3 is 0 Å². The van der Waals surface area contributed by atoms with Gasteiger partial charge in [0.1, 0.15) is 0 Å². The van der Waals surface area contributed by atoms with Crippen LogP contribution >= 0.6 is 11.6 Å². The Hall–Kier alpha value is -2.72. The van der Waals surface area contributed by atoms with Gasteiger partial charge in [0.25, 0.3) is 5.91 Å². The number of nitrogens with one attached hydrogen (secondary N) is 1. The summed E-state index contributed by atoms with van der Waals surface area (Å²) in [5, 5.41) is 5.81. The molecule has 1 saturated carbocycles. The minimum Gasteiger partial charge on any atom is -0.267 e. The molecule has 28 heavy (non-hydrogen) atoms. The standard InChI is InChI=1S/C23H22ClN3O/c1-15-7-6-8-16(13-15)26-27-23(28)19-14-22(18-10-2-4-11-20(18)24)25-21-12-5-3-9-17(19)21/h2-5,9-12,14-15H,6-8,13H2,1H3,(H,27,28)/b26-16-/t15-/m1/s1. The number of aromatic nitrogens is 1. The maximum Gasteiger partial charge on any atom is 0.272 e. The van der Waals surface area contributed by atoms with Crippen LogP contribution in [-0.2, 0) is 0 Å². The molecule has 0 spiro atoms. The van der Waals surface area contributed by atoms with E-state index in [0.29, 0.717) is 22.2 Å². The molecule has 1 amide bonds. The number of benzene rings is 2. The largest absolute Gasteiger partial charge is 0.272 e. The highest BCUT2D eigenvalue weighted by Gasteiger charge is 2.17. The van der Waals surface area contributed by atoms with E-state index in [2.05, 4.69) is 17.5 Å². The van der Waals surface area contributed by atoms with Gasteiger partial charge in [-0.3, -0.25) is 4.79 Å². The van der Waals surface area contributed by atoms with E-state index in [4.69, 9.17) is 16.6 Å². The molecule has 0 saturated heterocycles. The van der Waals surface area contributed by atoms with Gasteiger partial charge in [0.15, 0.2) is 0 Å². The van der Waals surface area contributed by atoms with Crippen LogP contribution in [0.5, 0.6) is 0 Å². The molecule has 1 atom stereocenters. The number of carbonyl (C=O) groups excluding carboxylic acids is 1. The van der Waals surface area contributed by atoms with Crippen molar-refractivity contribution in [1.82, 2.24) is 10.4 Å². The molecule has 1 aliphatic carbocycles. The number of hydrazone groups is 1. The van der Waals surface area contributed by atoms with E-state index < -0.39 is 0 Å². The summed E-state index contributed by atoms with van der Waals surface area (Å²) >= 11 is 6.36. The minimum absolute atomic E-state index is 0.224. The molecule has 1 heterocycles. The zero-order valence-corrected chi connectivity index (χ0v) is 16.5. The zero-order valence-electron chi connectivity index (χ0n) is 15.8. The van der Waals surface area contributed by atoms with Gasteiger partial charge in [-0.2, -0.15) is 5.10 Å². The molecule has 2 aromatic carbocycles. The molecule has 1 fully saturated rings. The van der Waals surface area contributed by atoms with Gasteiger partial charge in [0.2, 0.25) is 0 Å². The third kappa shape index (κ3) is 3.92. The number of hydrogen-bond donors (Lipinski definition) is 1. The van der Waals surface area contributed by atoms with Crippen LogP contribution < -0.4 is 5.43 Å². The molecule has 1 aromatic heterocycles. The van der Waals surface area contributed by atoms with Crippen LogP contribution in [0.4, 0.5) is 0 Å². The number of rotatable bonds is 3. The highest BCUT2D eigenvalue weighted by atomic mass is 35.5. The summed E-state index contributed by atoms with van der Waals surface area (Å²) in [5.74, 6) is 0.399. The van der Waals surface area contributed by atoms with Crippen molar-refractivity contribution in [3.63, 3.8) is 0 Å². The molecule has 5 heteroatoms. The van der Waals surface area contributed by atoms with Gasteiger partial charge in [0, 0.05) is 21.7 Å². The van der Waals surface area contributed by atoms with E-state index >= 15 is 0 Å². The van der Waals surface area contributed by atoms with Crippen LogP contribution in [0.3, 0.4) is 0 Å². The Morgan fingerprint density at radius 3 is 2.79 bits per heavy atom. The monoisotopic (exact) mass is 391 g/mol. The van der Waals surface area contributed by atoms with Crippen LogP contribution in [0.15, 0.2) is 59.7 Å². The number of pyridine rings is 1. The predicted octanol–water partition coefficient (Wildman–Crippen LogP) is 5.85. The van der Waals surface area contributed by atoms with Crippen molar-refractivity contribution < 1.29 is 4.79 Å². The number of hydrogen-bond acceptors (Lipinski definition) is 3. The Balaban J connectivity index is 1.72. The Labute approximate surface area is 169 Å². The van der Waals surface area contributed by atoms with Gasteiger partial charge in [-0.15, -0.1) is 0 Å². The second-order valence-corrected chi connectivity index (χ2v) is 7.78. The topological polar surface area (TPSA) is 54.4 Å². The number of nitrogens with zero attached hydrogens (tertiary/aromatic N) is 2. The normalized spacial score (nSPS) is 18.4. The van der Waals surface area contributed by atoms with E-state index in [1.165, 1.54) is 6.42 Å². The highest BCUT2D eigenvalue weighted by Crippen LogP contribution is 2.29. The summed E-state index contributed by atoms with van der Waals surface area (Å²) in [6.07, 6.45) is 4.25. The maximum atomic E-state index is 13.0. The van der Waals surface area contributed by atoms with Crippen LogP contribution in [0.1, 0.15) is 43.0 Å². The SMILES string of the molecule is C[C@@H]1CCC/C(=N/NC(=O)c2cc(-c3ccccc3Cl)nc3ccccc23)C1. The molecule has 0 unspecified atom stereocenters. The van der Waals surface area contributed by atoms with E-state index in [9.17, 15) is 4.79 Å². The fraction of sp³-hybridized carbons (Fsp3) is 0.261. The van der Waals surface area contributed by atoms with Crippen molar-refractivity contribution in [3.8, 4) is 11.3 Å². The van der Waals surface area contributed by atoms with E-state index in [1.54, 1.807) is 6.07 Å². The second kappa shape index (κ2) is 8.11. The highest BCUT2D eigenvalue weighted by molar-refractivity contribution is 6.33. The average molecular weight is 392 g/mol. The van der Waals surface area contributed by atoms with Crippen molar-refractivity contribution >= 4 is 34.1 Å². The lowest BCUT2D eigenvalue weighted by molar-refractivity contribution is 0.0956.